The topological polar surface area (TPSA) is 60.4 Å². The van der Waals surface area contributed by atoms with Crippen LogP contribution in [-0.2, 0) is 20.7 Å². The number of rotatable bonds is 4. The molecule has 0 aromatic heterocycles. The van der Waals surface area contributed by atoms with E-state index in [1.165, 1.54) is 12.1 Å². The summed E-state index contributed by atoms with van der Waals surface area (Å²) in [4.78, 5) is 12.0. The molecule has 0 saturated heterocycles. The van der Waals surface area contributed by atoms with Gasteiger partial charge in [0.15, 0.2) is 0 Å². The lowest BCUT2D eigenvalue weighted by atomic mass is 10.1. The standard InChI is InChI=1S/C15H14O4S/c1-2-12-8-6-7-11-14(12)15(16)19-20(17,18)13-9-4-3-5-10-13/h3-11H,2H2,1H3. The summed E-state index contributed by atoms with van der Waals surface area (Å²) in [5, 5.41) is 0. The van der Waals surface area contributed by atoms with Gasteiger partial charge in [0.05, 0.1) is 5.56 Å². The van der Waals surface area contributed by atoms with E-state index >= 15 is 0 Å². The first-order valence-electron chi connectivity index (χ1n) is 6.16. The summed E-state index contributed by atoms with van der Waals surface area (Å²) in [6.45, 7) is 1.89. The number of carbonyl (C=O) groups excluding carboxylic acids is 1. The van der Waals surface area contributed by atoms with Crippen LogP contribution in [0.3, 0.4) is 0 Å². The molecule has 0 amide bonds. The third-order valence-electron chi connectivity index (χ3n) is 2.84. The van der Waals surface area contributed by atoms with Crippen molar-refractivity contribution in [1.82, 2.24) is 0 Å². The van der Waals surface area contributed by atoms with E-state index in [2.05, 4.69) is 4.18 Å². The zero-order chi connectivity index (χ0) is 14.6. The number of aryl methyl sites for hydroxylation is 1. The van der Waals surface area contributed by atoms with Gasteiger partial charge in [0, 0.05) is 0 Å². The van der Waals surface area contributed by atoms with Crippen molar-refractivity contribution in [2.75, 3.05) is 0 Å². The van der Waals surface area contributed by atoms with Crippen molar-refractivity contribution >= 4 is 16.1 Å². The van der Waals surface area contributed by atoms with Gasteiger partial charge >= 0.3 is 16.1 Å². The van der Waals surface area contributed by atoms with Crippen molar-refractivity contribution in [3.63, 3.8) is 0 Å². The molecule has 0 unspecified atom stereocenters. The molecule has 0 bridgehead atoms. The second-order valence-electron chi connectivity index (χ2n) is 4.15. The molecule has 0 spiro atoms. The molecule has 0 aliphatic heterocycles. The molecule has 2 aromatic carbocycles. The minimum Gasteiger partial charge on any atom is -0.338 e. The highest BCUT2D eigenvalue weighted by Crippen LogP contribution is 2.16. The van der Waals surface area contributed by atoms with Crippen molar-refractivity contribution in [3.8, 4) is 0 Å². The molecule has 0 radical (unpaired) electrons. The first kappa shape index (κ1) is 14.3. The third kappa shape index (κ3) is 3.05. The van der Waals surface area contributed by atoms with Crippen LogP contribution in [-0.4, -0.2) is 14.4 Å². The second-order valence-corrected chi connectivity index (χ2v) is 5.69. The zero-order valence-corrected chi connectivity index (χ0v) is 11.8. The van der Waals surface area contributed by atoms with E-state index in [-0.39, 0.29) is 10.5 Å². The molecule has 4 nitrogen and oxygen atoms in total. The maximum Gasteiger partial charge on any atom is 0.354 e. The Morgan fingerprint density at radius 2 is 1.60 bits per heavy atom. The van der Waals surface area contributed by atoms with Gasteiger partial charge in [-0.05, 0) is 30.2 Å². The van der Waals surface area contributed by atoms with Gasteiger partial charge < -0.3 is 4.18 Å². The quantitative estimate of drug-likeness (QED) is 0.812. The van der Waals surface area contributed by atoms with Crippen molar-refractivity contribution < 1.29 is 17.4 Å². The van der Waals surface area contributed by atoms with Crippen LogP contribution in [0.5, 0.6) is 0 Å². The predicted octanol–water partition coefficient (Wildman–Crippen LogP) is 2.79. The van der Waals surface area contributed by atoms with E-state index in [9.17, 15) is 13.2 Å². The minimum absolute atomic E-state index is 0.0395. The monoisotopic (exact) mass is 290 g/mol. The molecule has 0 atom stereocenters. The van der Waals surface area contributed by atoms with Crippen molar-refractivity contribution in [3.05, 3.63) is 65.7 Å². The summed E-state index contributed by atoms with van der Waals surface area (Å²) in [6, 6.07) is 14.4. The van der Waals surface area contributed by atoms with Crippen molar-refractivity contribution in [2.45, 2.75) is 18.2 Å². The maximum absolute atomic E-state index is 12.0. The van der Waals surface area contributed by atoms with Crippen molar-refractivity contribution in [1.29, 1.82) is 0 Å². The summed E-state index contributed by atoms with van der Waals surface area (Å²) in [6.07, 6.45) is 0.622. The normalized spacial score (nSPS) is 11.1. The molecule has 0 aliphatic rings. The minimum atomic E-state index is -4.08. The fourth-order valence-electron chi connectivity index (χ4n) is 1.81. The fourth-order valence-corrected chi connectivity index (χ4v) is 2.68. The molecule has 5 heteroatoms. The Morgan fingerprint density at radius 3 is 2.25 bits per heavy atom. The van der Waals surface area contributed by atoms with Crippen LogP contribution in [0.4, 0.5) is 0 Å². The lowest BCUT2D eigenvalue weighted by Gasteiger charge is -2.08. The molecule has 0 aliphatic carbocycles. The molecule has 2 aromatic rings. The largest absolute Gasteiger partial charge is 0.354 e. The summed E-state index contributed by atoms with van der Waals surface area (Å²) >= 11 is 0. The van der Waals surface area contributed by atoms with E-state index in [1.807, 2.05) is 6.92 Å². The summed E-state index contributed by atoms with van der Waals surface area (Å²) in [5.41, 5.74) is 1.02. The van der Waals surface area contributed by atoms with Gasteiger partial charge in [0.2, 0.25) is 0 Å². The molecule has 0 fully saturated rings. The van der Waals surface area contributed by atoms with Crippen LogP contribution >= 0.6 is 0 Å². The second kappa shape index (κ2) is 5.88. The smallest absolute Gasteiger partial charge is 0.338 e. The Kier molecular flexibility index (Phi) is 4.20. The highest BCUT2D eigenvalue weighted by Gasteiger charge is 2.22. The molecule has 0 heterocycles. The Hall–Kier alpha value is -2.14. The van der Waals surface area contributed by atoms with Gasteiger partial charge in [0.25, 0.3) is 0 Å². The lowest BCUT2D eigenvalue weighted by Crippen LogP contribution is -2.14. The molecule has 2 rings (SSSR count). The van der Waals surface area contributed by atoms with Crippen molar-refractivity contribution in [2.24, 2.45) is 0 Å². The number of benzene rings is 2. The Balaban J connectivity index is 2.28. The Bertz CT molecular complexity index is 706. The summed E-state index contributed by atoms with van der Waals surface area (Å²) in [7, 11) is -4.08. The lowest BCUT2D eigenvalue weighted by molar-refractivity contribution is 0.0745. The van der Waals surface area contributed by atoms with Crippen LogP contribution < -0.4 is 0 Å². The highest BCUT2D eigenvalue weighted by molar-refractivity contribution is 7.87. The molecule has 104 valence electrons. The SMILES string of the molecule is CCc1ccccc1C(=O)OS(=O)(=O)c1ccccc1. The maximum atomic E-state index is 12.0. The van der Waals surface area contributed by atoms with Crippen LogP contribution in [0, 0.1) is 0 Å². The van der Waals surface area contributed by atoms with E-state index in [0.717, 1.165) is 5.56 Å². The summed E-state index contributed by atoms with van der Waals surface area (Å²) in [5.74, 6) is -0.855. The van der Waals surface area contributed by atoms with E-state index in [1.54, 1.807) is 42.5 Å². The highest BCUT2D eigenvalue weighted by atomic mass is 32.2. The van der Waals surface area contributed by atoms with Gasteiger partial charge in [-0.1, -0.05) is 43.3 Å². The van der Waals surface area contributed by atoms with E-state index in [0.29, 0.717) is 6.42 Å². The van der Waals surface area contributed by atoms with E-state index in [4.69, 9.17) is 0 Å². The molecule has 0 saturated carbocycles. The Labute approximate surface area is 118 Å². The fraction of sp³-hybridized carbons (Fsp3) is 0.133. The van der Waals surface area contributed by atoms with Crippen LogP contribution in [0.15, 0.2) is 59.5 Å². The summed E-state index contributed by atoms with van der Waals surface area (Å²) < 4.78 is 28.6. The van der Waals surface area contributed by atoms with Gasteiger partial charge in [0.1, 0.15) is 4.90 Å². The average Bonchev–Trinajstić information content (AvgIpc) is 2.47. The first-order chi connectivity index (χ1) is 9.54. The molecule has 20 heavy (non-hydrogen) atoms. The average molecular weight is 290 g/mol. The zero-order valence-electron chi connectivity index (χ0n) is 10.9. The van der Waals surface area contributed by atoms with Gasteiger partial charge in [-0.3, -0.25) is 0 Å². The molecule has 0 N–H and O–H groups in total. The molecular formula is C15H14O4S. The Morgan fingerprint density at radius 1 is 1.00 bits per heavy atom. The van der Waals surface area contributed by atoms with Gasteiger partial charge in [-0.25, -0.2) is 4.79 Å². The van der Waals surface area contributed by atoms with Crippen LogP contribution in [0.2, 0.25) is 0 Å². The van der Waals surface area contributed by atoms with Gasteiger partial charge in [-0.2, -0.15) is 8.42 Å². The molecular weight excluding hydrogens is 276 g/mol. The van der Waals surface area contributed by atoms with E-state index < -0.39 is 16.1 Å². The predicted molar refractivity (Wildman–Crippen MR) is 74.9 cm³/mol. The van der Waals surface area contributed by atoms with Gasteiger partial charge in [-0.15, -0.1) is 0 Å². The number of carbonyl (C=O) groups is 1. The first-order valence-corrected chi connectivity index (χ1v) is 7.57. The number of hydrogen-bond donors (Lipinski definition) is 0. The van der Waals surface area contributed by atoms with Crippen LogP contribution in [0.25, 0.3) is 0 Å². The van der Waals surface area contributed by atoms with Crippen LogP contribution in [0.1, 0.15) is 22.8 Å². The number of hydrogen-bond acceptors (Lipinski definition) is 4. The third-order valence-corrected chi connectivity index (χ3v) is 4.06.